The molecule has 8 nitrogen and oxygen atoms in total. The van der Waals surface area contributed by atoms with Crippen molar-refractivity contribution < 1.29 is 23.1 Å². The van der Waals surface area contributed by atoms with Crippen molar-refractivity contribution in [3.8, 4) is 5.75 Å². The maximum atomic E-state index is 12.2. The number of hydrogen-bond donors (Lipinski definition) is 2. The molecule has 1 heterocycles. The van der Waals surface area contributed by atoms with E-state index < -0.39 is 16.0 Å². The minimum Gasteiger partial charge on any atom is -0.497 e. The first-order chi connectivity index (χ1) is 9.85. The molecule has 112 valence electrons. The Morgan fingerprint density at radius 2 is 2.10 bits per heavy atom. The van der Waals surface area contributed by atoms with Crippen LogP contribution in [0.5, 0.6) is 5.75 Å². The molecule has 0 bridgehead atoms. The average Bonchev–Trinajstić information content (AvgIpc) is 2.85. The zero-order chi connectivity index (χ0) is 15.6. The first-order valence-electron chi connectivity index (χ1n) is 5.77. The summed E-state index contributed by atoms with van der Waals surface area (Å²) in [4.78, 5) is 11.2. The summed E-state index contributed by atoms with van der Waals surface area (Å²) in [6, 6.07) is 5.35. The lowest BCUT2D eigenvalue weighted by molar-refractivity contribution is 0.0697. The maximum Gasteiger partial charge on any atom is 0.337 e. The highest BCUT2D eigenvalue weighted by atomic mass is 32.2. The van der Waals surface area contributed by atoms with Crippen LogP contribution in [0.1, 0.15) is 10.4 Å². The zero-order valence-corrected chi connectivity index (χ0v) is 12.1. The molecule has 0 atom stereocenters. The summed E-state index contributed by atoms with van der Waals surface area (Å²) in [5, 5.41) is 12.9. The fourth-order valence-corrected chi connectivity index (χ4v) is 2.95. The summed E-state index contributed by atoms with van der Waals surface area (Å²) in [6.07, 6.45) is 1.33. The van der Waals surface area contributed by atoms with Crippen LogP contribution < -0.4 is 9.46 Å². The number of carbonyl (C=O) groups is 1. The Morgan fingerprint density at radius 1 is 1.38 bits per heavy atom. The second-order valence-corrected chi connectivity index (χ2v) is 5.74. The molecule has 9 heteroatoms. The molecule has 0 unspecified atom stereocenters. The molecule has 2 N–H and O–H groups in total. The number of aryl methyl sites for hydroxylation is 1. The van der Waals surface area contributed by atoms with Crippen LogP contribution in [0.3, 0.4) is 0 Å². The van der Waals surface area contributed by atoms with Gasteiger partial charge in [-0.05, 0) is 24.3 Å². The van der Waals surface area contributed by atoms with E-state index in [1.54, 1.807) is 0 Å². The largest absolute Gasteiger partial charge is 0.497 e. The lowest BCUT2D eigenvalue weighted by Gasteiger charge is -2.11. The maximum absolute atomic E-state index is 12.2. The summed E-state index contributed by atoms with van der Waals surface area (Å²) < 4.78 is 32.8. The van der Waals surface area contributed by atoms with Crippen molar-refractivity contribution in [2.24, 2.45) is 7.05 Å². The van der Waals surface area contributed by atoms with Crippen molar-refractivity contribution in [3.05, 3.63) is 36.0 Å². The third-order valence-corrected chi connectivity index (χ3v) is 4.19. The van der Waals surface area contributed by atoms with Crippen LogP contribution in [-0.4, -0.2) is 36.4 Å². The van der Waals surface area contributed by atoms with Gasteiger partial charge in [-0.15, -0.1) is 0 Å². The van der Waals surface area contributed by atoms with Gasteiger partial charge in [0.05, 0.1) is 24.6 Å². The number of carboxylic acids is 1. The van der Waals surface area contributed by atoms with Crippen molar-refractivity contribution in [2.75, 3.05) is 11.8 Å². The number of hydrogen-bond acceptors (Lipinski definition) is 5. The first-order valence-corrected chi connectivity index (χ1v) is 7.25. The van der Waals surface area contributed by atoms with Crippen LogP contribution in [0, 0.1) is 0 Å². The second-order valence-electron chi connectivity index (χ2n) is 4.12. The van der Waals surface area contributed by atoms with Gasteiger partial charge in [0.1, 0.15) is 5.75 Å². The van der Waals surface area contributed by atoms with Crippen LogP contribution in [0.4, 0.5) is 5.69 Å². The Bertz CT molecular complexity index is 782. The van der Waals surface area contributed by atoms with Gasteiger partial charge in [-0.25, -0.2) is 4.79 Å². The van der Waals surface area contributed by atoms with Crippen molar-refractivity contribution >= 4 is 21.7 Å². The Balaban J connectivity index is 2.44. The van der Waals surface area contributed by atoms with Gasteiger partial charge >= 0.3 is 5.97 Å². The highest BCUT2D eigenvalue weighted by Gasteiger charge is 2.21. The van der Waals surface area contributed by atoms with Gasteiger partial charge in [0.25, 0.3) is 10.0 Å². The second kappa shape index (κ2) is 5.44. The number of nitrogens with zero attached hydrogens (tertiary/aromatic N) is 2. The third-order valence-electron chi connectivity index (χ3n) is 2.75. The molecule has 0 fully saturated rings. The van der Waals surface area contributed by atoms with Gasteiger partial charge in [0.2, 0.25) is 0 Å². The SMILES string of the molecule is COc1ccc(NS(=O)(=O)c2ccnn2C)c(C(=O)O)c1. The molecule has 0 saturated heterocycles. The zero-order valence-electron chi connectivity index (χ0n) is 11.3. The molecular weight excluding hydrogens is 298 g/mol. The number of aromatic nitrogens is 2. The van der Waals surface area contributed by atoms with Crippen molar-refractivity contribution in [1.82, 2.24) is 9.78 Å². The van der Waals surface area contributed by atoms with Crippen LogP contribution in [0.2, 0.25) is 0 Å². The van der Waals surface area contributed by atoms with E-state index in [0.29, 0.717) is 5.75 Å². The Kier molecular flexibility index (Phi) is 3.85. The summed E-state index contributed by atoms with van der Waals surface area (Å²) in [5.41, 5.74) is -0.260. The minimum atomic E-state index is -3.93. The fourth-order valence-electron chi connectivity index (χ4n) is 1.74. The lowest BCUT2D eigenvalue weighted by Crippen LogP contribution is -2.18. The Morgan fingerprint density at radius 3 is 2.62 bits per heavy atom. The van der Waals surface area contributed by atoms with Crippen molar-refractivity contribution in [2.45, 2.75) is 5.03 Å². The number of rotatable bonds is 5. The summed E-state index contributed by atoms with van der Waals surface area (Å²) in [5.74, 6) is -0.951. The van der Waals surface area contributed by atoms with E-state index in [9.17, 15) is 13.2 Å². The van der Waals surface area contributed by atoms with Gasteiger partial charge in [-0.1, -0.05) is 0 Å². The van der Waals surface area contributed by atoms with Crippen LogP contribution in [0.15, 0.2) is 35.5 Å². The molecule has 21 heavy (non-hydrogen) atoms. The van der Waals surface area contributed by atoms with Gasteiger partial charge < -0.3 is 9.84 Å². The number of sulfonamides is 1. The molecule has 2 rings (SSSR count). The van der Waals surface area contributed by atoms with Gasteiger partial charge in [-0.3, -0.25) is 9.40 Å². The van der Waals surface area contributed by atoms with Gasteiger partial charge in [0, 0.05) is 7.05 Å². The molecule has 0 radical (unpaired) electrons. The van der Waals surface area contributed by atoms with E-state index in [0.717, 1.165) is 0 Å². The predicted octanol–water partition coefficient (Wildman–Crippen LogP) is 0.928. The number of anilines is 1. The number of benzene rings is 1. The highest BCUT2D eigenvalue weighted by molar-refractivity contribution is 7.92. The molecule has 2 aromatic rings. The van der Waals surface area contributed by atoms with E-state index in [2.05, 4.69) is 9.82 Å². The van der Waals surface area contributed by atoms with Crippen molar-refractivity contribution in [3.63, 3.8) is 0 Å². The summed E-state index contributed by atoms with van der Waals surface area (Å²) >= 11 is 0. The average molecular weight is 311 g/mol. The number of aromatic carboxylic acids is 1. The molecule has 0 aliphatic heterocycles. The number of methoxy groups -OCH3 is 1. The van der Waals surface area contributed by atoms with E-state index >= 15 is 0 Å². The molecule has 0 saturated carbocycles. The third kappa shape index (κ3) is 2.97. The standard InChI is InChI=1S/C12H13N3O5S/c1-15-11(5-6-13-15)21(18,19)14-10-4-3-8(20-2)7-9(10)12(16)17/h3-7,14H,1-2H3,(H,16,17). The molecule has 0 aliphatic rings. The summed E-state index contributed by atoms with van der Waals surface area (Å²) in [7, 11) is -1.07. The topological polar surface area (TPSA) is 111 Å². The van der Waals surface area contributed by atoms with Crippen LogP contribution in [0.25, 0.3) is 0 Å². The van der Waals surface area contributed by atoms with Crippen LogP contribution in [-0.2, 0) is 17.1 Å². The van der Waals surface area contributed by atoms with Crippen molar-refractivity contribution in [1.29, 1.82) is 0 Å². The molecule has 0 amide bonds. The first kappa shape index (κ1) is 14.9. The Hall–Kier alpha value is -2.55. The summed E-state index contributed by atoms with van der Waals surface area (Å²) in [6.45, 7) is 0. The van der Waals surface area contributed by atoms with Gasteiger partial charge in [-0.2, -0.15) is 13.5 Å². The smallest absolute Gasteiger partial charge is 0.337 e. The quantitative estimate of drug-likeness (QED) is 0.849. The molecule has 1 aromatic heterocycles. The molecule has 0 spiro atoms. The Labute approximate surface area is 121 Å². The normalized spacial score (nSPS) is 11.1. The molecule has 0 aliphatic carbocycles. The minimum absolute atomic E-state index is 0.0514. The number of nitrogens with one attached hydrogen (secondary N) is 1. The number of carboxylic acid groups (broad SMARTS) is 1. The highest BCUT2D eigenvalue weighted by Crippen LogP contribution is 2.24. The predicted molar refractivity (Wildman–Crippen MR) is 74.0 cm³/mol. The van der Waals surface area contributed by atoms with E-state index in [1.165, 1.54) is 49.3 Å². The van der Waals surface area contributed by atoms with Gasteiger partial charge in [0.15, 0.2) is 5.03 Å². The molecular formula is C12H13N3O5S. The monoisotopic (exact) mass is 311 g/mol. The lowest BCUT2D eigenvalue weighted by atomic mass is 10.2. The number of ether oxygens (including phenoxy) is 1. The van der Waals surface area contributed by atoms with Crippen LogP contribution >= 0.6 is 0 Å². The van der Waals surface area contributed by atoms with E-state index in [4.69, 9.17) is 9.84 Å². The van der Waals surface area contributed by atoms with E-state index in [1.807, 2.05) is 0 Å². The molecule has 1 aromatic carbocycles. The fraction of sp³-hybridized carbons (Fsp3) is 0.167. The van der Waals surface area contributed by atoms with E-state index in [-0.39, 0.29) is 16.3 Å².